The Morgan fingerprint density at radius 1 is 0.935 bits per heavy atom. The summed E-state index contributed by atoms with van der Waals surface area (Å²) in [6, 6.07) is 22.1. The van der Waals surface area contributed by atoms with Gasteiger partial charge in [-0.25, -0.2) is 4.79 Å². The minimum Gasteiger partial charge on any atom is -0.481 e. The van der Waals surface area contributed by atoms with E-state index in [4.69, 9.17) is 9.47 Å². The number of Topliss-reactive ketones (excluding diaryl/α,β-unsaturated/α-hetero) is 1. The normalized spacial score (nSPS) is 14.5. The molecule has 0 aliphatic carbocycles. The Balaban J connectivity index is 1.34. The maximum atomic E-state index is 12.4. The van der Waals surface area contributed by atoms with Crippen molar-refractivity contribution in [3.8, 4) is 16.9 Å². The van der Waals surface area contributed by atoms with Crippen LogP contribution in [-0.4, -0.2) is 30.9 Å². The lowest BCUT2D eigenvalue weighted by Gasteiger charge is -2.11. The molecular weight excluding hydrogens is 394 g/mol. The average Bonchev–Trinajstić information content (AvgIpc) is 3.09. The zero-order valence-electron chi connectivity index (χ0n) is 17.0. The third-order valence-corrected chi connectivity index (χ3v) is 5.17. The van der Waals surface area contributed by atoms with Crippen LogP contribution < -0.4 is 10.1 Å². The van der Waals surface area contributed by atoms with Crippen molar-refractivity contribution in [3.63, 3.8) is 0 Å². The fraction of sp³-hybridized carbons (Fsp3) is 0.160. The lowest BCUT2D eigenvalue weighted by Crippen LogP contribution is -2.19. The number of anilines is 1. The fourth-order valence-electron chi connectivity index (χ4n) is 3.45. The van der Waals surface area contributed by atoms with Crippen molar-refractivity contribution in [1.29, 1.82) is 0 Å². The molecule has 6 heteroatoms. The molecule has 0 saturated carbocycles. The number of esters is 1. The van der Waals surface area contributed by atoms with E-state index < -0.39 is 12.6 Å². The first kappa shape index (κ1) is 20.3. The van der Waals surface area contributed by atoms with Crippen LogP contribution in [0.5, 0.6) is 5.75 Å². The molecule has 3 aromatic rings. The molecule has 31 heavy (non-hydrogen) atoms. The van der Waals surface area contributed by atoms with Crippen LogP contribution in [0.25, 0.3) is 11.1 Å². The number of amides is 1. The van der Waals surface area contributed by atoms with E-state index in [1.54, 1.807) is 31.2 Å². The molecule has 156 valence electrons. The Hall–Kier alpha value is -3.93. The van der Waals surface area contributed by atoms with Crippen molar-refractivity contribution in [2.75, 3.05) is 18.5 Å². The van der Waals surface area contributed by atoms with Gasteiger partial charge in [-0.05, 0) is 42.3 Å². The second kappa shape index (κ2) is 8.83. The van der Waals surface area contributed by atoms with Crippen molar-refractivity contribution < 1.29 is 23.9 Å². The zero-order chi connectivity index (χ0) is 21.8. The van der Waals surface area contributed by atoms with Crippen molar-refractivity contribution in [1.82, 2.24) is 0 Å². The number of ether oxygens (including phenoxy) is 2. The monoisotopic (exact) mass is 415 g/mol. The molecule has 6 nitrogen and oxygen atoms in total. The summed E-state index contributed by atoms with van der Waals surface area (Å²) in [5.74, 6) is -0.834. The van der Waals surface area contributed by atoms with E-state index in [0.717, 1.165) is 16.7 Å². The largest absolute Gasteiger partial charge is 0.481 e. The predicted octanol–water partition coefficient (Wildman–Crippen LogP) is 4.21. The highest BCUT2D eigenvalue weighted by Crippen LogP contribution is 2.33. The van der Waals surface area contributed by atoms with Crippen LogP contribution in [0.4, 0.5) is 5.69 Å². The van der Waals surface area contributed by atoms with Crippen LogP contribution in [0.15, 0.2) is 72.8 Å². The molecule has 3 aromatic carbocycles. The fourth-order valence-corrected chi connectivity index (χ4v) is 3.45. The quantitative estimate of drug-likeness (QED) is 0.462. The molecule has 1 amide bonds. The summed E-state index contributed by atoms with van der Waals surface area (Å²) >= 11 is 0. The topological polar surface area (TPSA) is 81.7 Å². The summed E-state index contributed by atoms with van der Waals surface area (Å²) in [7, 11) is 0. The van der Waals surface area contributed by atoms with Crippen molar-refractivity contribution in [2.45, 2.75) is 12.8 Å². The molecule has 1 N–H and O–H groups in total. The molecule has 1 aliphatic heterocycles. The Kier molecular flexibility index (Phi) is 5.80. The molecule has 0 bridgehead atoms. The number of nitrogens with one attached hydrogen (secondary N) is 1. The molecule has 0 aromatic heterocycles. The average molecular weight is 415 g/mol. The lowest BCUT2D eigenvalue weighted by molar-refractivity contribution is -0.144. The lowest BCUT2D eigenvalue weighted by atomic mass is 9.99. The van der Waals surface area contributed by atoms with Gasteiger partial charge in [0.05, 0.1) is 5.92 Å². The van der Waals surface area contributed by atoms with Gasteiger partial charge < -0.3 is 14.8 Å². The number of carbonyl (C=O) groups excluding carboxylic acids is 3. The summed E-state index contributed by atoms with van der Waals surface area (Å²) < 4.78 is 10.7. The number of hydrogen-bond donors (Lipinski definition) is 1. The second-order valence-electron chi connectivity index (χ2n) is 7.25. The summed E-state index contributed by atoms with van der Waals surface area (Å²) in [6.45, 7) is 1.08. The van der Waals surface area contributed by atoms with Gasteiger partial charge in [-0.3, -0.25) is 9.59 Å². The molecule has 1 aliphatic rings. The number of carbonyl (C=O) groups is 3. The standard InChI is InChI=1S/C25H21NO5/c1-16-20-13-18(11-12-21(20)26-25(16)29)22(27)14-31-24(28)15-30-23-10-6-5-9-19(23)17-7-3-2-4-8-17/h2-13,16H,14-15H2,1H3,(H,26,29)/t16-/m0/s1. The molecular formula is C25H21NO5. The van der Waals surface area contributed by atoms with E-state index in [0.29, 0.717) is 17.0 Å². The van der Waals surface area contributed by atoms with E-state index in [1.165, 1.54) is 0 Å². The summed E-state index contributed by atoms with van der Waals surface area (Å²) in [5, 5.41) is 2.76. The van der Waals surface area contributed by atoms with Crippen molar-refractivity contribution >= 4 is 23.3 Å². The van der Waals surface area contributed by atoms with E-state index in [-0.39, 0.29) is 24.2 Å². The molecule has 1 atom stereocenters. The van der Waals surface area contributed by atoms with E-state index in [2.05, 4.69) is 5.32 Å². The second-order valence-corrected chi connectivity index (χ2v) is 7.25. The number of hydrogen-bond acceptors (Lipinski definition) is 5. The maximum absolute atomic E-state index is 12.4. The Morgan fingerprint density at radius 3 is 2.48 bits per heavy atom. The van der Waals surface area contributed by atoms with E-state index in [1.807, 2.05) is 48.5 Å². The maximum Gasteiger partial charge on any atom is 0.344 e. The van der Waals surface area contributed by atoms with E-state index in [9.17, 15) is 14.4 Å². The van der Waals surface area contributed by atoms with Crippen LogP contribution in [0.2, 0.25) is 0 Å². The van der Waals surface area contributed by atoms with Crippen LogP contribution in [0.3, 0.4) is 0 Å². The summed E-state index contributed by atoms with van der Waals surface area (Å²) in [6.07, 6.45) is 0. The highest BCUT2D eigenvalue weighted by atomic mass is 16.6. The van der Waals surface area contributed by atoms with Crippen molar-refractivity contribution in [3.05, 3.63) is 83.9 Å². The summed E-state index contributed by atoms with van der Waals surface area (Å²) in [5.41, 5.74) is 3.70. The van der Waals surface area contributed by atoms with Gasteiger partial charge in [-0.2, -0.15) is 0 Å². The van der Waals surface area contributed by atoms with Crippen LogP contribution >= 0.6 is 0 Å². The Labute approximate surface area is 179 Å². The van der Waals surface area contributed by atoms with Gasteiger partial charge in [0.15, 0.2) is 19.0 Å². The number of para-hydroxylation sites is 1. The third-order valence-electron chi connectivity index (χ3n) is 5.17. The molecule has 0 saturated heterocycles. The van der Waals surface area contributed by atoms with Gasteiger partial charge >= 0.3 is 5.97 Å². The summed E-state index contributed by atoms with van der Waals surface area (Å²) in [4.78, 5) is 36.3. The van der Waals surface area contributed by atoms with Crippen molar-refractivity contribution in [2.24, 2.45) is 0 Å². The first-order chi connectivity index (χ1) is 15.0. The van der Waals surface area contributed by atoms with E-state index >= 15 is 0 Å². The van der Waals surface area contributed by atoms with Gasteiger partial charge in [-0.1, -0.05) is 48.5 Å². The van der Waals surface area contributed by atoms with Gasteiger partial charge in [0.2, 0.25) is 5.91 Å². The smallest absolute Gasteiger partial charge is 0.344 e. The molecule has 0 spiro atoms. The number of ketones is 1. The van der Waals surface area contributed by atoms with Gasteiger partial charge in [-0.15, -0.1) is 0 Å². The molecule has 0 unspecified atom stereocenters. The van der Waals surface area contributed by atoms with Crippen LogP contribution in [0, 0.1) is 0 Å². The van der Waals surface area contributed by atoms with Crippen LogP contribution in [-0.2, 0) is 14.3 Å². The van der Waals surface area contributed by atoms with Gasteiger partial charge in [0.25, 0.3) is 0 Å². The Bertz CT molecular complexity index is 1140. The number of benzene rings is 3. The highest BCUT2D eigenvalue weighted by molar-refractivity contribution is 6.05. The number of rotatable bonds is 7. The highest BCUT2D eigenvalue weighted by Gasteiger charge is 2.27. The molecule has 4 rings (SSSR count). The predicted molar refractivity (Wildman–Crippen MR) is 116 cm³/mol. The minimum atomic E-state index is -0.636. The zero-order valence-corrected chi connectivity index (χ0v) is 17.0. The Morgan fingerprint density at radius 2 is 1.68 bits per heavy atom. The SMILES string of the molecule is C[C@@H]1C(=O)Nc2ccc(C(=O)COC(=O)COc3ccccc3-c3ccccc3)cc21. The first-order valence-corrected chi connectivity index (χ1v) is 9.94. The van der Waals surface area contributed by atoms with Gasteiger partial charge in [0, 0.05) is 16.8 Å². The third kappa shape index (κ3) is 4.48. The molecule has 0 fully saturated rings. The molecule has 1 heterocycles. The molecule has 0 radical (unpaired) electrons. The number of fused-ring (bicyclic) bond motifs is 1. The minimum absolute atomic E-state index is 0.0982. The van der Waals surface area contributed by atoms with Gasteiger partial charge in [0.1, 0.15) is 5.75 Å². The first-order valence-electron chi connectivity index (χ1n) is 9.94. The van der Waals surface area contributed by atoms with Crippen LogP contribution in [0.1, 0.15) is 28.8 Å².